The summed E-state index contributed by atoms with van der Waals surface area (Å²) in [6.07, 6.45) is 2.25. The molecule has 1 aromatic heterocycles. The van der Waals surface area contributed by atoms with Gasteiger partial charge >= 0.3 is 0 Å². The lowest BCUT2D eigenvalue weighted by atomic mass is 9.97. The Labute approximate surface area is 159 Å². The van der Waals surface area contributed by atoms with Gasteiger partial charge in [-0.2, -0.15) is 5.10 Å². The van der Waals surface area contributed by atoms with Crippen molar-refractivity contribution in [3.8, 4) is 5.75 Å². The second-order valence-corrected chi connectivity index (χ2v) is 7.97. The summed E-state index contributed by atoms with van der Waals surface area (Å²) in [7, 11) is -1.75. The number of hydrogen-bond acceptors (Lipinski definition) is 6. The monoisotopic (exact) mass is 401 g/mol. The molecule has 8 nitrogen and oxygen atoms in total. The second kappa shape index (κ2) is 8.81. The van der Waals surface area contributed by atoms with Crippen LogP contribution < -0.4 is 14.8 Å². The number of nitrogens with one attached hydrogen (secondary N) is 2. The maximum atomic E-state index is 12.6. The van der Waals surface area contributed by atoms with Crippen molar-refractivity contribution < 1.29 is 13.2 Å². The fraction of sp³-hybridized carbons (Fsp3) is 0.500. The van der Waals surface area contributed by atoms with Crippen LogP contribution in [0.3, 0.4) is 0 Å². The molecule has 0 spiro atoms. The molecule has 0 saturated carbocycles. The second-order valence-electron chi connectivity index (χ2n) is 6.26. The Balaban J connectivity index is 0.00000243. The van der Waals surface area contributed by atoms with E-state index in [0.717, 1.165) is 19.5 Å². The maximum absolute atomic E-state index is 12.6. The van der Waals surface area contributed by atoms with Crippen LogP contribution in [-0.2, 0) is 23.7 Å². The zero-order valence-corrected chi connectivity index (χ0v) is 16.4. The number of piperidine rings is 1. The first kappa shape index (κ1) is 20.6. The Kier molecular flexibility index (Phi) is 6.99. The molecule has 0 radical (unpaired) electrons. The molecule has 2 heterocycles. The van der Waals surface area contributed by atoms with Crippen molar-refractivity contribution in [3.63, 3.8) is 0 Å². The number of nitrogens with zero attached hydrogens (tertiary/aromatic N) is 3. The van der Waals surface area contributed by atoms with E-state index in [0.29, 0.717) is 11.6 Å². The van der Waals surface area contributed by atoms with Gasteiger partial charge in [-0.15, -0.1) is 12.4 Å². The molecule has 2 N–H and O–H groups in total. The van der Waals surface area contributed by atoms with Crippen LogP contribution in [-0.4, -0.2) is 42.3 Å². The molecule has 0 aliphatic carbocycles. The van der Waals surface area contributed by atoms with E-state index in [4.69, 9.17) is 4.74 Å². The van der Waals surface area contributed by atoms with Crippen molar-refractivity contribution in [1.29, 1.82) is 0 Å². The largest absolute Gasteiger partial charge is 0.486 e. The van der Waals surface area contributed by atoms with Gasteiger partial charge in [0, 0.05) is 13.1 Å². The van der Waals surface area contributed by atoms with Crippen molar-refractivity contribution in [2.75, 3.05) is 13.1 Å². The fourth-order valence-electron chi connectivity index (χ4n) is 2.77. The molecule has 2 aromatic rings. The fourth-order valence-corrected chi connectivity index (χ4v) is 4.15. The van der Waals surface area contributed by atoms with Crippen molar-refractivity contribution in [2.24, 2.45) is 13.0 Å². The summed E-state index contributed by atoms with van der Waals surface area (Å²) >= 11 is 0. The molecule has 2 unspecified atom stereocenters. The van der Waals surface area contributed by atoms with Crippen LogP contribution in [0, 0.1) is 5.92 Å². The number of sulfonamides is 1. The van der Waals surface area contributed by atoms with Gasteiger partial charge in [-0.3, -0.25) is 4.68 Å². The van der Waals surface area contributed by atoms with Gasteiger partial charge in [-0.25, -0.2) is 18.1 Å². The van der Waals surface area contributed by atoms with E-state index in [2.05, 4.69) is 20.1 Å². The normalized spacial score (nSPS) is 20.4. The third kappa shape index (κ3) is 4.94. The summed E-state index contributed by atoms with van der Waals surface area (Å²) in [5.41, 5.74) is 0. The Hall–Kier alpha value is -1.68. The van der Waals surface area contributed by atoms with E-state index in [-0.39, 0.29) is 35.9 Å². The molecule has 0 amide bonds. The third-order valence-electron chi connectivity index (χ3n) is 4.40. The van der Waals surface area contributed by atoms with Gasteiger partial charge in [0.15, 0.2) is 5.82 Å². The predicted octanol–water partition coefficient (Wildman–Crippen LogP) is 1.09. The highest BCUT2D eigenvalue weighted by Crippen LogP contribution is 2.19. The van der Waals surface area contributed by atoms with Gasteiger partial charge in [-0.1, -0.05) is 6.92 Å². The van der Waals surface area contributed by atoms with E-state index in [9.17, 15) is 8.42 Å². The summed E-state index contributed by atoms with van der Waals surface area (Å²) in [5.74, 6) is 1.54. The lowest BCUT2D eigenvalue weighted by Gasteiger charge is -2.29. The minimum absolute atomic E-state index is 0. The SMILES string of the molecule is CC1CNCCC1NS(=O)(=O)c1ccc(OCc2ncnn2C)cc1.Cl. The lowest BCUT2D eigenvalue weighted by molar-refractivity contribution is 0.289. The van der Waals surface area contributed by atoms with Gasteiger partial charge < -0.3 is 10.1 Å². The van der Waals surface area contributed by atoms with Gasteiger partial charge in [0.1, 0.15) is 18.7 Å². The predicted molar refractivity (Wildman–Crippen MR) is 99.8 cm³/mol. The number of hydrogen-bond donors (Lipinski definition) is 2. The Bertz CT molecular complexity index is 810. The highest BCUT2D eigenvalue weighted by molar-refractivity contribution is 7.89. The van der Waals surface area contributed by atoms with Gasteiger partial charge in [0.05, 0.1) is 4.90 Å². The van der Waals surface area contributed by atoms with Gasteiger partial charge in [-0.05, 0) is 49.7 Å². The number of rotatable bonds is 6. The van der Waals surface area contributed by atoms with Crippen LogP contribution >= 0.6 is 12.4 Å². The molecular weight excluding hydrogens is 378 g/mol. The van der Waals surface area contributed by atoms with Crippen molar-refractivity contribution in [2.45, 2.75) is 30.9 Å². The van der Waals surface area contributed by atoms with E-state index < -0.39 is 10.0 Å². The first-order valence-corrected chi connectivity index (χ1v) is 9.73. The van der Waals surface area contributed by atoms with Crippen molar-refractivity contribution in [3.05, 3.63) is 36.4 Å². The molecule has 1 fully saturated rings. The van der Waals surface area contributed by atoms with E-state index >= 15 is 0 Å². The van der Waals surface area contributed by atoms with E-state index in [1.54, 1.807) is 36.0 Å². The van der Waals surface area contributed by atoms with Crippen LogP contribution in [0.2, 0.25) is 0 Å². The summed E-state index contributed by atoms with van der Waals surface area (Å²) in [6, 6.07) is 6.37. The molecule has 2 atom stereocenters. The Morgan fingerprint density at radius 2 is 2.08 bits per heavy atom. The third-order valence-corrected chi connectivity index (χ3v) is 5.90. The first-order valence-electron chi connectivity index (χ1n) is 8.24. The molecule has 3 rings (SSSR count). The molecule has 0 bridgehead atoms. The van der Waals surface area contributed by atoms with Crippen LogP contribution in [0.15, 0.2) is 35.5 Å². The Morgan fingerprint density at radius 3 is 2.69 bits per heavy atom. The number of aryl methyl sites for hydroxylation is 1. The highest BCUT2D eigenvalue weighted by Gasteiger charge is 2.26. The number of benzene rings is 1. The summed E-state index contributed by atoms with van der Waals surface area (Å²) in [4.78, 5) is 4.32. The van der Waals surface area contributed by atoms with Crippen LogP contribution in [0.25, 0.3) is 0 Å². The van der Waals surface area contributed by atoms with Crippen LogP contribution in [0.1, 0.15) is 19.2 Å². The summed E-state index contributed by atoms with van der Waals surface area (Å²) in [5, 5.41) is 7.23. The minimum atomic E-state index is -3.53. The van der Waals surface area contributed by atoms with Gasteiger partial charge in [0.2, 0.25) is 10.0 Å². The molecule has 1 aliphatic rings. The Morgan fingerprint density at radius 1 is 1.35 bits per heavy atom. The number of ether oxygens (including phenoxy) is 1. The molecule has 1 aliphatic heterocycles. The average Bonchev–Trinajstić information content (AvgIpc) is 3.00. The molecule has 1 aromatic carbocycles. The zero-order valence-electron chi connectivity index (χ0n) is 14.8. The number of aromatic nitrogens is 3. The zero-order chi connectivity index (χ0) is 17.9. The highest BCUT2D eigenvalue weighted by atomic mass is 35.5. The minimum Gasteiger partial charge on any atom is -0.486 e. The van der Waals surface area contributed by atoms with Crippen LogP contribution in [0.4, 0.5) is 0 Å². The lowest BCUT2D eigenvalue weighted by Crippen LogP contribution is -2.48. The average molecular weight is 402 g/mol. The van der Waals surface area contributed by atoms with Gasteiger partial charge in [0.25, 0.3) is 0 Å². The maximum Gasteiger partial charge on any atom is 0.240 e. The molecule has 1 saturated heterocycles. The topological polar surface area (TPSA) is 98.1 Å². The summed E-state index contributed by atoms with van der Waals surface area (Å²) in [6.45, 7) is 3.96. The quantitative estimate of drug-likeness (QED) is 0.751. The summed E-state index contributed by atoms with van der Waals surface area (Å²) < 4.78 is 35.2. The molecule has 144 valence electrons. The standard InChI is InChI=1S/C16H23N5O3S.ClH/c1-12-9-17-8-7-15(12)20-25(22,23)14-5-3-13(4-6-14)24-10-16-18-11-19-21(16)2;/h3-6,11-12,15,17,20H,7-10H2,1-2H3;1H. The van der Waals surface area contributed by atoms with Crippen molar-refractivity contribution >= 4 is 22.4 Å². The first-order chi connectivity index (χ1) is 12.0. The smallest absolute Gasteiger partial charge is 0.240 e. The van der Waals surface area contributed by atoms with E-state index in [1.165, 1.54) is 6.33 Å². The van der Waals surface area contributed by atoms with Crippen molar-refractivity contribution in [1.82, 2.24) is 24.8 Å². The molecular formula is C16H24ClN5O3S. The number of halogens is 1. The molecule has 26 heavy (non-hydrogen) atoms. The molecule has 10 heteroatoms. The van der Waals surface area contributed by atoms with Crippen LogP contribution in [0.5, 0.6) is 5.75 Å². The van der Waals surface area contributed by atoms with E-state index in [1.807, 2.05) is 6.92 Å².